The van der Waals surface area contributed by atoms with Crippen LogP contribution in [0.4, 0.5) is 11.4 Å². The van der Waals surface area contributed by atoms with Crippen LogP contribution in [-0.2, 0) is 12.8 Å². The average molecular weight is 338 g/mol. The Morgan fingerprint density at radius 3 is 2.60 bits per heavy atom. The summed E-state index contributed by atoms with van der Waals surface area (Å²) in [6.45, 7) is 2.12. The average Bonchev–Trinajstić information content (AvgIpc) is 2.89. The fraction of sp³-hybridized carbons (Fsp3) is 0.500. The van der Waals surface area contributed by atoms with Gasteiger partial charge in [-0.15, -0.1) is 0 Å². The third-order valence-corrected chi connectivity index (χ3v) is 5.37. The molecule has 1 saturated heterocycles. The quantitative estimate of drug-likeness (QED) is 0.891. The number of hydrogen-bond acceptors (Lipinski definition) is 3. The van der Waals surface area contributed by atoms with Crippen LogP contribution in [0, 0.1) is 0 Å². The lowest BCUT2D eigenvalue weighted by atomic mass is 9.96. The van der Waals surface area contributed by atoms with Gasteiger partial charge in [-0.3, -0.25) is 9.89 Å². The number of anilines is 2. The topological polar surface area (TPSA) is 61.0 Å². The molecule has 0 radical (unpaired) electrons. The van der Waals surface area contributed by atoms with Gasteiger partial charge in [0.15, 0.2) is 5.69 Å². The van der Waals surface area contributed by atoms with E-state index in [9.17, 15) is 4.79 Å². The molecule has 0 atom stereocenters. The lowest BCUT2D eigenvalue weighted by molar-refractivity contribution is 0.102. The maximum Gasteiger partial charge on any atom is 0.276 e. The van der Waals surface area contributed by atoms with Gasteiger partial charge in [0.25, 0.3) is 5.91 Å². The molecule has 1 fully saturated rings. The van der Waals surface area contributed by atoms with Crippen molar-refractivity contribution < 1.29 is 4.79 Å². The first-order valence-corrected chi connectivity index (χ1v) is 9.54. The summed E-state index contributed by atoms with van der Waals surface area (Å²) >= 11 is 0. The Morgan fingerprint density at radius 1 is 1.00 bits per heavy atom. The summed E-state index contributed by atoms with van der Waals surface area (Å²) in [6.07, 6.45) is 9.28. The zero-order chi connectivity index (χ0) is 17.1. The van der Waals surface area contributed by atoms with E-state index >= 15 is 0 Å². The van der Waals surface area contributed by atoms with E-state index in [1.54, 1.807) is 0 Å². The normalized spacial score (nSPS) is 17.7. The highest BCUT2D eigenvalue weighted by molar-refractivity contribution is 6.05. The van der Waals surface area contributed by atoms with Crippen LogP contribution in [0.15, 0.2) is 24.3 Å². The molecular formula is C20H26N4O. The number of benzene rings is 1. The summed E-state index contributed by atoms with van der Waals surface area (Å²) in [4.78, 5) is 15.2. The zero-order valence-electron chi connectivity index (χ0n) is 14.7. The van der Waals surface area contributed by atoms with Gasteiger partial charge in [0, 0.05) is 24.3 Å². The first-order valence-electron chi connectivity index (χ1n) is 9.54. The van der Waals surface area contributed by atoms with E-state index in [-0.39, 0.29) is 5.91 Å². The third kappa shape index (κ3) is 3.41. The molecule has 0 unspecified atom stereocenters. The van der Waals surface area contributed by atoms with Gasteiger partial charge in [-0.25, -0.2) is 0 Å². The van der Waals surface area contributed by atoms with Crippen molar-refractivity contribution in [3.8, 4) is 0 Å². The molecule has 1 aliphatic carbocycles. The van der Waals surface area contributed by atoms with Gasteiger partial charge < -0.3 is 10.2 Å². The Labute approximate surface area is 148 Å². The molecule has 0 bridgehead atoms. The van der Waals surface area contributed by atoms with Crippen LogP contribution >= 0.6 is 0 Å². The number of para-hydroxylation sites is 2. The zero-order valence-corrected chi connectivity index (χ0v) is 14.7. The molecule has 1 amide bonds. The number of carbonyl (C=O) groups excluding carboxylic acids is 1. The standard InChI is InChI=1S/C20H26N4O/c25-20(19-15-9-3-4-10-16(15)22-23-19)21-17-11-5-6-12-18(17)24-13-7-1-2-8-14-24/h5-6,11-12H,1-4,7-10,13-14H2,(H,21,25)(H,22,23). The van der Waals surface area contributed by atoms with E-state index in [0.717, 1.165) is 55.0 Å². The highest BCUT2D eigenvalue weighted by Crippen LogP contribution is 2.29. The Bertz CT molecular complexity index is 744. The Morgan fingerprint density at radius 2 is 1.76 bits per heavy atom. The van der Waals surface area contributed by atoms with Crippen molar-refractivity contribution in [2.75, 3.05) is 23.3 Å². The van der Waals surface area contributed by atoms with Crippen molar-refractivity contribution in [2.45, 2.75) is 51.4 Å². The Kier molecular flexibility index (Phi) is 4.72. The van der Waals surface area contributed by atoms with Crippen LogP contribution in [0.2, 0.25) is 0 Å². The van der Waals surface area contributed by atoms with E-state index in [1.807, 2.05) is 18.2 Å². The largest absolute Gasteiger partial charge is 0.370 e. The number of fused-ring (bicyclic) bond motifs is 1. The molecule has 2 aliphatic rings. The van der Waals surface area contributed by atoms with E-state index in [2.05, 4.69) is 26.5 Å². The van der Waals surface area contributed by atoms with E-state index in [4.69, 9.17) is 0 Å². The van der Waals surface area contributed by atoms with Crippen LogP contribution in [0.1, 0.15) is 60.3 Å². The number of H-pyrrole nitrogens is 1. The van der Waals surface area contributed by atoms with Crippen molar-refractivity contribution in [1.29, 1.82) is 0 Å². The van der Waals surface area contributed by atoms with Crippen molar-refractivity contribution in [2.24, 2.45) is 0 Å². The van der Waals surface area contributed by atoms with Crippen LogP contribution in [-0.4, -0.2) is 29.2 Å². The van der Waals surface area contributed by atoms with Crippen LogP contribution < -0.4 is 10.2 Å². The van der Waals surface area contributed by atoms with Crippen molar-refractivity contribution in [1.82, 2.24) is 10.2 Å². The summed E-state index contributed by atoms with van der Waals surface area (Å²) in [5.41, 5.74) is 4.83. The van der Waals surface area contributed by atoms with Gasteiger partial charge in [0.2, 0.25) is 0 Å². The molecule has 5 heteroatoms. The molecule has 4 rings (SSSR count). The predicted octanol–water partition coefficient (Wildman–Crippen LogP) is 3.92. The second-order valence-electron chi connectivity index (χ2n) is 7.11. The Hall–Kier alpha value is -2.30. The lowest BCUT2D eigenvalue weighted by Crippen LogP contribution is -2.26. The monoisotopic (exact) mass is 338 g/mol. The number of aryl methyl sites for hydroxylation is 1. The molecule has 2 heterocycles. The van der Waals surface area contributed by atoms with Gasteiger partial charge in [-0.2, -0.15) is 5.10 Å². The molecular weight excluding hydrogens is 312 g/mol. The minimum atomic E-state index is -0.0957. The van der Waals surface area contributed by atoms with E-state index in [1.165, 1.54) is 32.1 Å². The first-order chi connectivity index (χ1) is 12.3. The lowest BCUT2D eigenvalue weighted by Gasteiger charge is -2.25. The summed E-state index contributed by atoms with van der Waals surface area (Å²) in [5.74, 6) is -0.0957. The van der Waals surface area contributed by atoms with Crippen LogP contribution in [0.3, 0.4) is 0 Å². The van der Waals surface area contributed by atoms with Gasteiger partial charge in [-0.1, -0.05) is 25.0 Å². The van der Waals surface area contributed by atoms with Gasteiger partial charge in [-0.05, 0) is 50.7 Å². The van der Waals surface area contributed by atoms with Crippen LogP contribution in [0.5, 0.6) is 0 Å². The fourth-order valence-corrected chi connectivity index (χ4v) is 4.02. The molecule has 132 valence electrons. The molecule has 1 aromatic carbocycles. The molecule has 1 aromatic heterocycles. The van der Waals surface area contributed by atoms with Crippen molar-refractivity contribution in [3.63, 3.8) is 0 Å². The molecule has 0 saturated carbocycles. The van der Waals surface area contributed by atoms with E-state index in [0.29, 0.717) is 5.69 Å². The van der Waals surface area contributed by atoms with Crippen LogP contribution in [0.25, 0.3) is 0 Å². The minimum Gasteiger partial charge on any atom is -0.370 e. The number of carbonyl (C=O) groups is 1. The Balaban J connectivity index is 1.56. The molecule has 5 nitrogen and oxygen atoms in total. The number of rotatable bonds is 3. The molecule has 1 aliphatic heterocycles. The summed E-state index contributed by atoms with van der Waals surface area (Å²) < 4.78 is 0. The highest BCUT2D eigenvalue weighted by atomic mass is 16.2. The molecule has 2 N–H and O–H groups in total. The maximum absolute atomic E-state index is 12.8. The third-order valence-electron chi connectivity index (χ3n) is 5.37. The molecule has 2 aromatic rings. The number of nitrogens with one attached hydrogen (secondary N) is 2. The summed E-state index contributed by atoms with van der Waals surface area (Å²) in [6, 6.07) is 8.14. The van der Waals surface area contributed by atoms with Gasteiger partial charge in [0.05, 0.1) is 11.4 Å². The highest BCUT2D eigenvalue weighted by Gasteiger charge is 2.23. The minimum absolute atomic E-state index is 0.0957. The van der Waals surface area contributed by atoms with Gasteiger partial charge >= 0.3 is 0 Å². The van der Waals surface area contributed by atoms with Crippen molar-refractivity contribution >= 4 is 17.3 Å². The maximum atomic E-state index is 12.8. The number of nitrogens with zero attached hydrogens (tertiary/aromatic N) is 2. The first kappa shape index (κ1) is 16.2. The molecule has 0 spiro atoms. The second-order valence-corrected chi connectivity index (χ2v) is 7.11. The van der Waals surface area contributed by atoms with E-state index < -0.39 is 0 Å². The summed E-state index contributed by atoms with van der Waals surface area (Å²) in [5, 5.41) is 10.5. The smallest absolute Gasteiger partial charge is 0.276 e. The number of aromatic nitrogens is 2. The number of amides is 1. The van der Waals surface area contributed by atoms with Gasteiger partial charge in [0.1, 0.15) is 0 Å². The molecule has 25 heavy (non-hydrogen) atoms. The SMILES string of the molecule is O=C(Nc1ccccc1N1CCCCCC1)c1n[nH]c2c1CCCC2. The summed E-state index contributed by atoms with van der Waals surface area (Å²) in [7, 11) is 0. The van der Waals surface area contributed by atoms with Crippen molar-refractivity contribution in [3.05, 3.63) is 41.2 Å². The predicted molar refractivity (Wildman–Crippen MR) is 100 cm³/mol. The number of aromatic amines is 1. The second kappa shape index (κ2) is 7.30. The number of hydrogen-bond donors (Lipinski definition) is 2. The fourth-order valence-electron chi connectivity index (χ4n) is 4.02.